The zero-order valence-corrected chi connectivity index (χ0v) is 25.6. The normalized spacial score (nSPS) is 17.0. The van der Waals surface area contributed by atoms with Crippen molar-refractivity contribution in [3.05, 3.63) is 58.1 Å². The van der Waals surface area contributed by atoms with Crippen molar-refractivity contribution in [2.45, 2.75) is 66.3 Å². The Balaban J connectivity index is 1.24. The number of nitrogens with two attached hydrogens (primary N) is 1. The highest BCUT2D eigenvalue weighted by Gasteiger charge is 2.29. The fraction of sp³-hybridized carbons (Fsp3) is 0.562. The molecule has 2 aromatic carbocycles. The average Bonchev–Trinajstić information content (AvgIpc) is 3.33. The van der Waals surface area contributed by atoms with Gasteiger partial charge in [-0.15, -0.1) is 0 Å². The van der Waals surface area contributed by atoms with Crippen LogP contribution in [0.3, 0.4) is 0 Å². The molecule has 10 heteroatoms. The standard InChI is InChI=1S/C32H46N4O6/c1-21(2)25-15-26(28(38)16-27(25)37)30(39)36-18-23-7-6-22(14-24(23)19-36)17-35-10-8-34(9-11-35)12-13-41-20-29(32(3,4)5)42-31(33)40/h6-7,14-16,21,29,37-38H,8-13,17-20H2,1-5H3,(H2,33,40). The molecular formula is C32H46N4O6. The fourth-order valence-electron chi connectivity index (χ4n) is 5.50. The van der Waals surface area contributed by atoms with Gasteiger partial charge in [0, 0.05) is 63.8 Å². The van der Waals surface area contributed by atoms with Crippen molar-refractivity contribution in [3.8, 4) is 11.5 Å². The van der Waals surface area contributed by atoms with Gasteiger partial charge in [-0.25, -0.2) is 4.79 Å². The van der Waals surface area contributed by atoms with Crippen molar-refractivity contribution in [3.63, 3.8) is 0 Å². The van der Waals surface area contributed by atoms with Crippen molar-refractivity contribution in [2.24, 2.45) is 11.1 Å². The highest BCUT2D eigenvalue weighted by Crippen LogP contribution is 2.34. The van der Waals surface area contributed by atoms with Crippen LogP contribution in [0.15, 0.2) is 30.3 Å². The third-order valence-electron chi connectivity index (χ3n) is 8.19. The Morgan fingerprint density at radius 1 is 0.952 bits per heavy atom. The maximum Gasteiger partial charge on any atom is 0.404 e. The van der Waals surface area contributed by atoms with Crippen LogP contribution in [0.1, 0.15) is 73.1 Å². The molecular weight excluding hydrogens is 536 g/mol. The quantitative estimate of drug-likeness (QED) is 0.359. The molecule has 0 aliphatic carbocycles. The number of primary amides is 1. The molecule has 1 atom stereocenters. The van der Waals surface area contributed by atoms with Crippen LogP contribution in [0.5, 0.6) is 11.5 Å². The lowest BCUT2D eigenvalue weighted by atomic mass is 9.89. The Hall–Kier alpha value is -3.34. The lowest BCUT2D eigenvalue weighted by Gasteiger charge is -2.35. The number of ether oxygens (including phenoxy) is 2. The van der Waals surface area contributed by atoms with Crippen LogP contribution in [0.4, 0.5) is 4.79 Å². The SMILES string of the molecule is CC(C)c1cc(C(=O)N2Cc3ccc(CN4CCN(CCOCC(OC(N)=O)C(C)(C)C)CC4)cc3C2)c(O)cc1O. The second-order valence-corrected chi connectivity index (χ2v) is 12.8. The summed E-state index contributed by atoms with van der Waals surface area (Å²) in [5.41, 5.74) is 9.30. The van der Waals surface area contributed by atoms with Gasteiger partial charge in [-0.2, -0.15) is 0 Å². The summed E-state index contributed by atoms with van der Waals surface area (Å²) in [6.45, 7) is 17.2. The molecule has 1 unspecified atom stereocenters. The van der Waals surface area contributed by atoms with Gasteiger partial charge in [0.05, 0.1) is 18.8 Å². The Labute approximate surface area is 249 Å². The summed E-state index contributed by atoms with van der Waals surface area (Å²) >= 11 is 0. The van der Waals surface area contributed by atoms with Crippen molar-refractivity contribution in [1.82, 2.24) is 14.7 Å². The van der Waals surface area contributed by atoms with Crippen LogP contribution in [0.2, 0.25) is 0 Å². The first-order valence-corrected chi connectivity index (χ1v) is 14.8. The minimum Gasteiger partial charge on any atom is -0.508 e. The van der Waals surface area contributed by atoms with Crippen molar-refractivity contribution < 1.29 is 29.3 Å². The second kappa shape index (κ2) is 13.3. The topological polar surface area (TPSA) is 129 Å². The lowest BCUT2D eigenvalue weighted by Crippen LogP contribution is -2.47. The summed E-state index contributed by atoms with van der Waals surface area (Å²) in [4.78, 5) is 31.1. The maximum atomic E-state index is 13.3. The molecule has 10 nitrogen and oxygen atoms in total. The van der Waals surface area contributed by atoms with Crippen LogP contribution < -0.4 is 5.73 Å². The van der Waals surface area contributed by atoms with Gasteiger partial charge in [0.15, 0.2) is 0 Å². The minimum absolute atomic E-state index is 0.00368. The molecule has 230 valence electrons. The highest BCUT2D eigenvalue weighted by atomic mass is 16.6. The molecule has 0 bridgehead atoms. The summed E-state index contributed by atoms with van der Waals surface area (Å²) in [7, 11) is 0. The molecule has 0 saturated carbocycles. The number of aromatic hydroxyl groups is 2. The smallest absolute Gasteiger partial charge is 0.404 e. The number of fused-ring (bicyclic) bond motifs is 1. The fourth-order valence-corrected chi connectivity index (χ4v) is 5.50. The Kier molecular flexibility index (Phi) is 10.0. The molecule has 2 amide bonds. The summed E-state index contributed by atoms with van der Waals surface area (Å²) in [6, 6.07) is 9.31. The first-order chi connectivity index (χ1) is 19.8. The van der Waals surface area contributed by atoms with E-state index in [0.717, 1.165) is 50.4 Å². The number of hydrogen-bond donors (Lipinski definition) is 3. The van der Waals surface area contributed by atoms with Crippen LogP contribution in [0.25, 0.3) is 0 Å². The van der Waals surface area contributed by atoms with E-state index < -0.39 is 6.09 Å². The van der Waals surface area contributed by atoms with Gasteiger partial charge < -0.3 is 30.3 Å². The molecule has 1 fully saturated rings. The van der Waals surface area contributed by atoms with Crippen LogP contribution in [0, 0.1) is 5.41 Å². The van der Waals surface area contributed by atoms with Crippen LogP contribution in [-0.4, -0.2) is 89.0 Å². The maximum absolute atomic E-state index is 13.3. The summed E-state index contributed by atoms with van der Waals surface area (Å²) in [5, 5.41) is 20.5. The Morgan fingerprint density at radius 2 is 1.62 bits per heavy atom. The van der Waals surface area contributed by atoms with Crippen LogP contribution in [-0.2, 0) is 29.1 Å². The van der Waals surface area contributed by atoms with Gasteiger partial charge in [-0.05, 0) is 34.2 Å². The summed E-state index contributed by atoms with van der Waals surface area (Å²) in [5.74, 6) is -0.400. The zero-order chi connectivity index (χ0) is 30.6. The number of amides is 2. The van der Waals surface area contributed by atoms with E-state index in [4.69, 9.17) is 15.2 Å². The van der Waals surface area contributed by atoms with Gasteiger partial charge in [-0.1, -0.05) is 52.8 Å². The van der Waals surface area contributed by atoms with E-state index in [1.54, 1.807) is 11.0 Å². The third-order valence-corrected chi connectivity index (χ3v) is 8.19. The Morgan fingerprint density at radius 3 is 2.26 bits per heavy atom. The largest absolute Gasteiger partial charge is 0.508 e. The van der Waals surface area contributed by atoms with E-state index >= 15 is 0 Å². The van der Waals surface area contributed by atoms with E-state index in [1.807, 2.05) is 34.6 Å². The van der Waals surface area contributed by atoms with Gasteiger partial charge in [-0.3, -0.25) is 14.6 Å². The van der Waals surface area contributed by atoms with Crippen molar-refractivity contribution >= 4 is 12.0 Å². The van der Waals surface area contributed by atoms with E-state index in [-0.39, 0.29) is 40.4 Å². The Bertz CT molecular complexity index is 1270. The van der Waals surface area contributed by atoms with Gasteiger partial charge in [0.1, 0.15) is 17.6 Å². The zero-order valence-electron chi connectivity index (χ0n) is 25.6. The van der Waals surface area contributed by atoms with E-state index in [2.05, 4.69) is 28.0 Å². The third kappa shape index (κ3) is 7.93. The first kappa shape index (κ1) is 31.6. The number of phenolic OH excluding ortho intramolecular Hbond substituents is 2. The number of carbonyl (C=O) groups is 2. The molecule has 2 aliphatic rings. The van der Waals surface area contributed by atoms with Gasteiger partial charge in [0.2, 0.25) is 0 Å². The summed E-state index contributed by atoms with van der Waals surface area (Å²) < 4.78 is 11.1. The molecule has 0 radical (unpaired) electrons. The molecule has 0 aromatic heterocycles. The highest BCUT2D eigenvalue weighted by molar-refractivity contribution is 5.97. The molecule has 4 rings (SSSR count). The average molecular weight is 583 g/mol. The molecule has 2 heterocycles. The number of benzene rings is 2. The van der Waals surface area contributed by atoms with Crippen molar-refractivity contribution in [2.75, 3.05) is 45.9 Å². The van der Waals surface area contributed by atoms with E-state index in [1.165, 1.54) is 11.6 Å². The van der Waals surface area contributed by atoms with Crippen LogP contribution >= 0.6 is 0 Å². The van der Waals surface area contributed by atoms with Crippen molar-refractivity contribution in [1.29, 1.82) is 0 Å². The number of phenols is 2. The molecule has 42 heavy (non-hydrogen) atoms. The lowest BCUT2D eigenvalue weighted by molar-refractivity contribution is -0.0339. The minimum atomic E-state index is -0.779. The number of nitrogens with zero attached hydrogens (tertiary/aromatic N) is 3. The second-order valence-electron chi connectivity index (χ2n) is 12.8. The molecule has 1 saturated heterocycles. The van der Waals surface area contributed by atoms with E-state index in [9.17, 15) is 19.8 Å². The monoisotopic (exact) mass is 582 g/mol. The molecule has 2 aliphatic heterocycles. The first-order valence-electron chi connectivity index (χ1n) is 14.8. The van der Waals surface area contributed by atoms with E-state index in [0.29, 0.717) is 31.9 Å². The molecule has 0 spiro atoms. The number of hydrogen-bond acceptors (Lipinski definition) is 8. The predicted octanol–water partition coefficient (Wildman–Crippen LogP) is 4.02. The predicted molar refractivity (Wildman–Crippen MR) is 160 cm³/mol. The number of piperazine rings is 1. The number of carbonyl (C=O) groups excluding carboxylic acids is 2. The molecule has 4 N–H and O–H groups in total. The summed E-state index contributed by atoms with van der Waals surface area (Å²) in [6.07, 6.45) is -1.17. The van der Waals surface area contributed by atoms with Gasteiger partial charge in [0.25, 0.3) is 5.91 Å². The van der Waals surface area contributed by atoms with Gasteiger partial charge >= 0.3 is 6.09 Å². The molecule has 2 aromatic rings. The number of rotatable bonds is 10.